The minimum Gasteiger partial charge on any atom is -0.371 e. The summed E-state index contributed by atoms with van der Waals surface area (Å²) in [5.74, 6) is 0.560. The summed E-state index contributed by atoms with van der Waals surface area (Å²) in [6.07, 6.45) is 0.416. The number of ether oxygens (including phenoxy) is 1. The van der Waals surface area contributed by atoms with Gasteiger partial charge in [-0.2, -0.15) is 0 Å². The van der Waals surface area contributed by atoms with E-state index in [2.05, 4.69) is 11.8 Å². The standard InChI is InChI=1S/C10H17Cl2NO/c1-8(3-11)5-13-6-9(2)14-10(4-12)7-13/h3,9-10H,4-7H2,1-2H3. The molecule has 1 rings (SSSR count). The summed E-state index contributed by atoms with van der Waals surface area (Å²) in [6, 6.07) is 0. The average Bonchev–Trinajstić information content (AvgIpc) is 2.16. The lowest BCUT2D eigenvalue weighted by Crippen LogP contribution is -2.47. The lowest BCUT2D eigenvalue weighted by molar-refractivity contribution is -0.0636. The number of rotatable bonds is 3. The van der Waals surface area contributed by atoms with E-state index in [1.165, 1.54) is 5.57 Å². The summed E-state index contributed by atoms with van der Waals surface area (Å²) < 4.78 is 5.65. The van der Waals surface area contributed by atoms with Crippen LogP contribution in [-0.4, -0.2) is 42.6 Å². The minimum absolute atomic E-state index is 0.156. The lowest BCUT2D eigenvalue weighted by Gasteiger charge is -2.36. The van der Waals surface area contributed by atoms with Gasteiger partial charge in [-0.1, -0.05) is 11.6 Å². The van der Waals surface area contributed by atoms with Crippen molar-refractivity contribution < 1.29 is 4.74 Å². The van der Waals surface area contributed by atoms with Crippen LogP contribution in [0, 0.1) is 0 Å². The Morgan fingerprint density at radius 3 is 2.86 bits per heavy atom. The molecule has 4 heteroatoms. The van der Waals surface area contributed by atoms with Crippen LogP contribution in [0.25, 0.3) is 0 Å². The largest absolute Gasteiger partial charge is 0.371 e. The van der Waals surface area contributed by atoms with Crippen molar-refractivity contribution in [3.63, 3.8) is 0 Å². The summed E-state index contributed by atoms with van der Waals surface area (Å²) >= 11 is 11.4. The molecule has 2 unspecified atom stereocenters. The second kappa shape index (κ2) is 5.96. The van der Waals surface area contributed by atoms with Crippen LogP contribution >= 0.6 is 23.2 Å². The Labute approximate surface area is 95.8 Å². The fraction of sp³-hybridized carbons (Fsp3) is 0.800. The molecule has 0 N–H and O–H groups in total. The number of morpholine rings is 1. The first-order valence-electron chi connectivity index (χ1n) is 4.85. The average molecular weight is 238 g/mol. The molecule has 1 aliphatic rings. The van der Waals surface area contributed by atoms with Gasteiger partial charge in [-0.05, 0) is 19.4 Å². The molecule has 1 saturated heterocycles. The van der Waals surface area contributed by atoms with Gasteiger partial charge in [0.25, 0.3) is 0 Å². The molecular weight excluding hydrogens is 221 g/mol. The highest BCUT2D eigenvalue weighted by molar-refractivity contribution is 6.25. The topological polar surface area (TPSA) is 12.5 Å². The van der Waals surface area contributed by atoms with Crippen LogP contribution in [0.5, 0.6) is 0 Å². The van der Waals surface area contributed by atoms with Crippen LogP contribution in [0.2, 0.25) is 0 Å². The zero-order valence-electron chi connectivity index (χ0n) is 8.67. The van der Waals surface area contributed by atoms with Gasteiger partial charge in [0.05, 0.1) is 12.2 Å². The van der Waals surface area contributed by atoms with Crippen molar-refractivity contribution in [2.24, 2.45) is 0 Å². The van der Waals surface area contributed by atoms with Crippen molar-refractivity contribution in [3.8, 4) is 0 Å². The highest BCUT2D eigenvalue weighted by atomic mass is 35.5. The van der Waals surface area contributed by atoms with Gasteiger partial charge >= 0.3 is 0 Å². The normalized spacial score (nSPS) is 30.7. The fourth-order valence-corrected chi connectivity index (χ4v) is 1.98. The van der Waals surface area contributed by atoms with E-state index in [0.717, 1.165) is 19.6 Å². The predicted molar refractivity (Wildman–Crippen MR) is 61.1 cm³/mol. The molecule has 2 nitrogen and oxygen atoms in total. The van der Waals surface area contributed by atoms with E-state index < -0.39 is 0 Å². The molecule has 0 saturated carbocycles. The predicted octanol–water partition coefficient (Wildman–Crippen LogP) is 2.46. The summed E-state index contributed by atoms with van der Waals surface area (Å²) in [7, 11) is 0. The zero-order valence-corrected chi connectivity index (χ0v) is 10.2. The van der Waals surface area contributed by atoms with Crippen molar-refractivity contribution >= 4 is 23.2 Å². The lowest BCUT2D eigenvalue weighted by atomic mass is 10.2. The Hall–Kier alpha value is 0.240. The molecule has 82 valence electrons. The maximum Gasteiger partial charge on any atom is 0.0841 e. The number of halogens is 2. The molecule has 0 aromatic rings. The number of alkyl halides is 1. The third-order valence-corrected chi connectivity index (χ3v) is 2.95. The maximum absolute atomic E-state index is 5.79. The molecule has 0 radical (unpaired) electrons. The summed E-state index contributed by atoms with van der Waals surface area (Å²) in [6.45, 7) is 6.87. The second-order valence-electron chi connectivity index (χ2n) is 3.87. The number of hydrogen-bond acceptors (Lipinski definition) is 2. The molecular formula is C10H17Cl2NO. The highest BCUT2D eigenvalue weighted by Crippen LogP contribution is 2.13. The van der Waals surface area contributed by atoms with Crippen molar-refractivity contribution in [2.45, 2.75) is 26.1 Å². The Bertz CT molecular complexity index is 208. The zero-order chi connectivity index (χ0) is 10.6. The van der Waals surface area contributed by atoms with Crippen LogP contribution in [0.4, 0.5) is 0 Å². The second-order valence-corrected chi connectivity index (χ2v) is 4.40. The Balaban J connectivity index is 2.45. The van der Waals surface area contributed by atoms with Crippen LogP contribution in [-0.2, 0) is 4.74 Å². The van der Waals surface area contributed by atoms with Crippen molar-refractivity contribution in [1.29, 1.82) is 0 Å². The van der Waals surface area contributed by atoms with Crippen molar-refractivity contribution in [3.05, 3.63) is 11.1 Å². The SMILES string of the molecule is CC(=CCl)CN1CC(C)OC(CCl)C1. The van der Waals surface area contributed by atoms with Gasteiger partial charge < -0.3 is 4.74 Å². The first-order valence-corrected chi connectivity index (χ1v) is 5.82. The fourth-order valence-electron chi connectivity index (χ4n) is 1.74. The summed E-state index contributed by atoms with van der Waals surface area (Å²) in [4.78, 5) is 2.33. The smallest absolute Gasteiger partial charge is 0.0841 e. The molecule has 1 aliphatic heterocycles. The van der Waals surface area contributed by atoms with Crippen LogP contribution < -0.4 is 0 Å². The molecule has 0 amide bonds. The van der Waals surface area contributed by atoms with Gasteiger partial charge in [-0.3, -0.25) is 4.90 Å². The third kappa shape index (κ3) is 3.77. The Morgan fingerprint density at radius 1 is 1.57 bits per heavy atom. The molecule has 2 atom stereocenters. The molecule has 1 fully saturated rings. The van der Waals surface area contributed by atoms with E-state index in [4.69, 9.17) is 27.9 Å². The van der Waals surface area contributed by atoms with Gasteiger partial charge in [0, 0.05) is 31.0 Å². The van der Waals surface area contributed by atoms with E-state index in [1.807, 2.05) is 6.92 Å². The van der Waals surface area contributed by atoms with E-state index >= 15 is 0 Å². The van der Waals surface area contributed by atoms with E-state index in [9.17, 15) is 0 Å². The maximum atomic E-state index is 5.79. The molecule has 0 aromatic heterocycles. The Morgan fingerprint density at radius 2 is 2.29 bits per heavy atom. The molecule has 0 bridgehead atoms. The number of nitrogens with zero attached hydrogens (tertiary/aromatic N) is 1. The van der Waals surface area contributed by atoms with Crippen LogP contribution in [0.1, 0.15) is 13.8 Å². The monoisotopic (exact) mass is 237 g/mol. The van der Waals surface area contributed by atoms with E-state index in [1.54, 1.807) is 5.54 Å². The minimum atomic E-state index is 0.156. The summed E-state index contributed by atoms with van der Waals surface area (Å²) in [5, 5.41) is 0. The first-order chi connectivity index (χ1) is 6.65. The summed E-state index contributed by atoms with van der Waals surface area (Å²) in [5.41, 5.74) is 2.81. The quantitative estimate of drug-likeness (QED) is 0.700. The molecule has 14 heavy (non-hydrogen) atoms. The molecule has 0 aromatic carbocycles. The van der Waals surface area contributed by atoms with Gasteiger partial charge in [0.2, 0.25) is 0 Å². The Kier molecular flexibility index (Phi) is 5.24. The first kappa shape index (κ1) is 12.3. The van der Waals surface area contributed by atoms with Gasteiger partial charge in [0.15, 0.2) is 0 Å². The molecule has 0 spiro atoms. The van der Waals surface area contributed by atoms with E-state index in [0.29, 0.717) is 5.88 Å². The van der Waals surface area contributed by atoms with E-state index in [-0.39, 0.29) is 12.2 Å². The molecule has 0 aliphatic carbocycles. The van der Waals surface area contributed by atoms with Gasteiger partial charge in [0.1, 0.15) is 0 Å². The van der Waals surface area contributed by atoms with Crippen LogP contribution in [0.15, 0.2) is 11.1 Å². The van der Waals surface area contributed by atoms with Crippen molar-refractivity contribution in [1.82, 2.24) is 4.90 Å². The number of hydrogen-bond donors (Lipinski definition) is 0. The third-order valence-electron chi connectivity index (χ3n) is 2.23. The van der Waals surface area contributed by atoms with Crippen LogP contribution in [0.3, 0.4) is 0 Å². The van der Waals surface area contributed by atoms with Gasteiger partial charge in [-0.25, -0.2) is 0 Å². The van der Waals surface area contributed by atoms with Crippen molar-refractivity contribution in [2.75, 3.05) is 25.5 Å². The molecule has 1 heterocycles. The highest BCUT2D eigenvalue weighted by Gasteiger charge is 2.24. The van der Waals surface area contributed by atoms with Gasteiger partial charge in [-0.15, -0.1) is 11.6 Å².